The summed E-state index contributed by atoms with van der Waals surface area (Å²) in [5.41, 5.74) is 1.92. The van der Waals surface area contributed by atoms with Crippen LogP contribution in [0.3, 0.4) is 0 Å². The Bertz CT molecular complexity index is 673. The SMILES string of the molecule is CCCC(CCC)(OC(=O)c1ccc(C)c(Cl)c1)c1ccccc1. The van der Waals surface area contributed by atoms with Crippen LogP contribution < -0.4 is 0 Å². The van der Waals surface area contributed by atoms with Gasteiger partial charge in [0.05, 0.1) is 5.56 Å². The number of carbonyl (C=O) groups excluding carboxylic acids is 1. The molecule has 2 rings (SSSR count). The zero-order chi connectivity index (χ0) is 17.6. The lowest BCUT2D eigenvalue weighted by atomic mass is 9.85. The van der Waals surface area contributed by atoms with Crippen LogP contribution in [0.4, 0.5) is 0 Å². The highest BCUT2D eigenvalue weighted by atomic mass is 35.5. The van der Waals surface area contributed by atoms with E-state index in [0.717, 1.165) is 36.8 Å². The summed E-state index contributed by atoms with van der Waals surface area (Å²) < 4.78 is 6.09. The molecule has 24 heavy (non-hydrogen) atoms. The molecule has 0 N–H and O–H groups in total. The number of ether oxygens (including phenoxy) is 1. The fourth-order valence-electron chi connectivity index (χ4n) is 3.08. The van der Waals surface area contributed by atoms with Crippen molar-refractivity contribution in [2.45, 2.75) is 52.1 Å². The maximum atomic E-state index is 12.8. The molecule has 0 amide bonds. The van der Waals surface area contributed by atoms with Crippen LogP contribution in [0, 0.1) is 6.92 Å². The number of carbonyl (C=O) groups is 1. The quantitative estimate of drug-likeness (QED) is 0.551. The van der Waals surface area contributed by atoms with Crippen LogP contribution in [-0.2, 0) is 10.3 Å². The van der Waals surface area contributed by atoms with E-state index in [1.165, 1.54) is 0 Å². The summed E-state index contributed by atoms with van der Waals surface area (Å²) in [5, 5.41) is 0.584. The van der Waals surface area contributed by atoms with Crippen molar-refractivity contribution in [2.24, 2.45) is 0 Å². The second kappa shape index (κ2) is 8.34. The van der Waals surface area contributed by atoms with E-state index in [4.69, 9.17) is 16.3 Å². The number of aryl methyl sites for hydroxylation is 1. The molecule has 0 radical (unpaired) electrons. The molecule has 0 aliphatic carbocycles. The summed E-state index contributed by atoms with van der Waals surface area (Å²) in [6.45, 7) is 6.15. The molecule has 0 aromatic heterocycles. The van der Waals surface area contributed by atoms with E-state index in [-0.39, 0.29) is 5.97 Å². The number of hydrogen-bond acceptors (Lipinski definition) is 2. The number of hydrogen-bond donors (Lipinski definition) is 0. The van der Waals surface area contributed by atoms with E-state index in [2.05, 4.69) is 13.8 Å². The predicted molar refractivity (Wildman–Crippen MR) is 99.5 cm³/mol. The van der Waals surface area contributed by atoms with Crippen LogP contribution >= 0.6 is 11.6 Å². The third-order valence-corrected chi connectivity index (χ3v) is 4.71. The van der Waals surface area contributed by atoms with Crippen molar-refractivity contribution in [3.8, 4) is 0 Å². The molecule has 2 nitrogen and oxygen atoms in total. The molecule has 0 aliphatic heterocycles. The lowest BCUT2D eigenvalue weighted by molar-refractivity contribution is -0.0321. The monoisotopic (exact) mass is 344 g/mol. The highest BCUT2D eigenvalue weighted by Crippen LogP contribution is 2.36. The predicted octanol–water partition coefficient (Wildman–Crippen LogP) is 6.30. The Morgan fingerprint density at radius 1 is 1.04 bits per heavy atom. The summed E-state index contributed by atoms with van der Waals surface area (Å²) >= 11 is 6.16. The zero-order valence-corrected chi connectivity index (χ0v) is 15.4. The summed E-state index contributed by atoms with van der Waals surface area (Å²) in [4.78, 5) is 12.8. The van der Waals surface area contributed by atoms with Gasteiger partial charge < -0.3 is 4.74 Å². The van der Waals surface area contributed by atoms with Crippen molar-refractivity contribution < 1.29 is 9.53 Å². The number of rotatable bonds is 7. The normalized spacial score (nSPS) is 11.3. The molecule has 0 spiro atoms. The lowest BCUT2D eigenvalue weighted by Crippen LogP contribution is -2.32. The topological polar surface area (TPSA) is 26.3 Å². The first kappa shape index (κ1) is 18.5. The van der Waals surface area contributed by atoms with Gasteiger partial charge in [-0.3, -0.25) is 0 Å². The van der Waals surface area contributed by atoms with Crippen LogP contribution in [-0.4, -0.2) is 5.97 Å². The van der Waals surface area contributed by atoms with Gasteiger partial charge in [-0.15, -0.1) is 0 Å². The fraction of sp³-hybridized carbons (Fsp3) is 0.381. The average molecular weight is 345 g/mol. The standard InChI is InChI=1S/C21H25ClO2/c1-4-13-21(14-5-2,18-9-7-6-8-10-18)24-20(23)17-12-11-16(3)19(22)15-17/h6-12,15H,4-5,13-14H2,1-3H3. The Balaban J connectivity index is 2.36. The van der Waals surface area contributed by atoms with Crippen molar-refractivity contribution in [3.05, 3.63) is 70.2 Å². The summed E-state index contributed by atoms with van der Waals surface area (Å²) in [6, 6.07) is 15.4. The first-order chi connectivity index (χ1) is 11.5. The van der Waals surface area contributed by atoms with Gasteiger partial charge in [-0.05, 0) is 43.0 Å². The molecule has 2 aromatic carbocycles. The van der Waals surface area contributed by atoms with Gasteiger partial charge in [0, 0.05) is 5.02 Å². The Morgan fingerprint density at radius 2 is 1.67 bits per heavy atom. The van der Waals surface area contributed by atoms with Gasteiger partial charge in [-0.2, -0.15) is 0 Å². The molecule has 0 bridgehead atoms. The molecular weight excluding hydrogens is 320 g/mol. The molecule has 0 heterocycles. The van der Waals surface area contributed by atoms with Gasteiger partial charge in [0.2, 0.25) is 0 Å². The number of halogens is 1. The van der Waals surface area contributed by atoms with Crippen LogP contribution in [0.15, 0.2) is 48.5 Å². The maximum absolute atomic E-state index is 12.8. The molecule has 0 saturated heterocycles. The van der Waals surface area contributed by atoms with Gasteiger partial charge in [-0.25, -0.2) is 4.79 Å². The zero-order valence-electron chi connectivity index (χ0n) is 14.6. The largest absolute Gasteiger partial charge is 0.451 e. The maximum Gasteiger partial charge on any atom is 0.339 e. The van der Waals surface area contributed by atoms with Crippen molar-refractivity contribution in [3.63, 3.8) is 0 Å². The second-order valence-corrected chi connectivity index (χ2v) is 6.62. The van der Waals surface area contributed by atoms with E-state index in [9.17, 15) is 4.79 Å². The van der Waals surface area contributed by atoms with E-state index in [1.54, 1.807) is 12.1 Å². The second-order valence-electron chi connectivity index (χ2n) is 6.21. The third-order valence-electron chi connectivity index (χ3n) is 4.30. The minimum Gasteiger partial charge on any atom is -0.451 e. The average Bonchev–Trinajstić information content (AvgIpc) is 2.58. The van der Waals surface area contributed by atoms with Gasteiger partial charge in [-0.1, -0.05) is 74.7 Å². The smallest absolute Gasteiger partial charge is 0.339 e. The minimum atomic E-state index is -0.584. The van der Waals surface area contributed by atoms with Crippen LogP contribution in [0.1, 0.15) is 61.0 Å². The van der Waals surface area contributed by atoms with E-state index in [1.807, 2.05) is 43.3 Å². The molecular formula is C21H25ClO2. The van der Waals surface area contributed by atoms with Crippen molar-refractivity contribution in [2.75, 3.05) is 0 Å². The van der Waals surface area contributed by atoms with E-state index >= 15 is 0 Å². The van der Waals surface area contributed by atoms with Crippen molar-refractivity contribution in [1.82, 2.24) is 0 Å². The minimum absolute atomic E-state index is 0.317. The molecule has 0 atom stereocenters. The summed E-state index contributed by atoms with van der Waals surface area (Å²) in [6.07, 6.45) is 3.49. The molecule has 128 valence electrons. The Hall–Kier alpha value is -1.80. The van der Waals surface area contributed by atoms with Crippen LogP contribution in [0.5, 0.6) is 0 Å². The first-order valence-electron chi connectivity index (χ1n) is 8.57. The summed E-state index contributed by atoms with van der Waals surface area (Å²) in [5.74, 6) is -0.317. The van der Waals surface area contributed by atoms with E-state index in [0.29, 0.717) is 10.6 Å². The molecule has 0 fully saturated rings. The molecule has 0 unspecified atom stereocenters. The van der Waals surface area contributed by atoms with E-state index < -0.39 is 5.60 Å². The van der Waals surface area contributed by atoms with Gasteiger partial charge >= 0.3 is 5.97 Å². The number of esters is 1. The highest BCUT2D eigenvalue weighted by molar-refractivity contribution is 6.31. The Labute approximate surface area is 149 Å². The Kier molecular flexibility index (Phi) is 6.44. The number of benzene rings is 2. The van der Waals surface area contributed by atoms with Gasteiger partial charge in [0.25, 0.3) is 0 Å². The Morgan fingerprint density at radius 3 is 2.21 bits per heavy atom. The molecule has 2 aromatic rings. The first-order valence-corrected chi connectivity index (χ1v) is 8.95. The fourth-order valence-corrected chi connectivity index (χ4v) is 3.26. The summed E-state index contributed by atoms with van der Waals surface area (Å²) in [7, 11) is 0. The van der Waals surface area contributed by atoms with Crippen LogP contribution in [0.25, 0.3) is 0 Å². The van der Waals surface area contributed by atoms with Gasteiger partial charge in [0.15, 0.2) is 0 Å². The van der Waals surface area contributed by atoms with Gasteiger partial charge in [0.1, 0.15) is 5.60 Å². The van der Waals surface area contributed by atoms with Crippen molar-refractivity contribution >= 4 is 17.6 Å². The highest BCUT2D eigenvalue weighted by Gasteiger charge is 2.35. The third kappa shape index (κ3) is 4.18. The van der Waals surface area contributed by atoms with Crippen LogP contribution in [0.2, 0.25) is 5.02 Å². The molecule has 0 saturated carbocycles. The van der Waals surface area contributed by atoms with Crippen molar-refractivity contribution in [1.29, 1.82) is 0 Å². The molecule has 0 aliphatic rings. The lowest BCUT2D eigenvalue weighted by Gasteiger charge is -2.34. The molecule has 3 heteroatoms.